The number of ketones is 1. The molecule has 2 aromatic heterocycles. The molecule has 0 fully saturated rings. The van der Waals surface area contributed by atoms with Crippen molar-refractivity contribution in [2.75, 3.05) is 0 Å². The average molecular weight is 393 g/mol. The number of furan rings is 1. The Bertz CT molecular complexity index is 924. The van der Waals surface area contributed by atoms with Gasteiger partial charge in [-0.25, -0.2) is 0 Å². The first kappa shape index (κ1) is 17.8. The highest BCUT2D eigenvalue weighted by molar-refractivity contribution is 7.18. The van der Waals surface area contributed by atoms with E-state index in [4.69, 9.17) is 32.4 Å². The van der Waals surface area contributed by atoms with Crippen molar-refractivity contribution < 1.29 is 13.9 Å². The van der Waals surface area contributed by atoms with E-state index >= 15 is 0 Å². The molecule has 0 atom stereocenters. The first-order valence-corrected chi connectivity index (χ1v) is 9.04. The Balaban J connectivity index is 1.61. The van der Waals surface area contributed by atoms with Crippen LogP contribution >= 0.6 is 34.5 Å². The largest absolute Gasteiger partial charge is 0.485 e. The van der Waals surface area contributed by atoms with Crippen LogP contribution in [0.25, 0.3) is 6.08 Å². The summed E-state index contributed by atoms with van der Waals surface area (Å²) in [4.78, 5) is 12.6. The molecule has 0 radical (unpaired) electrons. The van der Waals surface area contributed by atoms with Gasteiger partial charge in [0.1, 0.15) is 23.9 Å². The van der Waals surface area contributed by atoms with E-state index in [0.717, 1.165) is 5.56 Å². The van der Waals surface area contributed by atoms with Crippen LogP contribution in [0.1, 0.15) is 26.8 Å². The number of halogens is 2. The zero-order valence-corrected chi connectivity index (χ0v) is 15.6. The lowest BCUT2D eigenvalue weighted by Gasteiger charge is -2.08. The molecule has 0 saturated carbocycles. The SMILES string of the molecule is Cc1c(Cl)cccc1OCc1ccc(/C=C/C(=O)c2ccc(Cl)s2)o1. The summed E-state index contributed by atoms with van der Waals surface area (Å²) in [5, 5.41) is 0.660. The summed E-state index contributed by atoms with van der Waals surface area (Å²) in [6, 6.07) is 12.5. The smallest absolute Gasteiger partial charge is 0.195 e. The van der Waals surface area contributed by atoms with E-state index < -0.39 is 0 Å². The third-order valence-electron chi connectivity index (χ3n) is 3.49. The monoisotopic (exact) mass is 392 g/mol. The zero-order valence-electron chi connectivity index (χ0n) is 13.3. The lowest BCUT2D eigenvalue weighted by Crippen LogP contribution is -1.95. The van der Waals surface area contributed by atoms with Gasteiger partial charge < -0.3 is 9.15 Å². The number of hydrogen-bond acceptors (Lipinski definition) is 4. The molecule has 6 heteroatoms. The van der Waals surface area contributed by atoms with Crippen LogP contribution in [-0.2, 0) is 6.61 Å². The van der Waals surface area contributed by atoms with E-state index in [1.807, 2.05) is 31.2 Å². The van der Waals surface area contributed by atoms with Crippen molar-refractivity contribution in [3.05, 3.63) is 79.9 Å². The molecule has 0 unspecified atom stereocenters. The van der Waals surface area contributed by atoms with Gasteiger partial charge in [0.2, 0.25) is 0 Å². The van der Waals surface area contributed by atoms with Crippen molar-refractivity contribution in [2.45, 2.75) is 13.5 Å². The number of hydrogen-bond donors (Lipinski definition) is 0. The molecular weight excluding hydrogens is 379 g/mol. The Hall–Kier alpha value is -2.01. The number of rotatable bonds is 6. The average Bonchev–Trinajstić information content (AvgIpc) is 3.23. The van der Waals surface area contributed by atoms with E-state index in [1.54, 1.807) is 24.3 Å². The van der Waals surface area contributed by atoms with Crippen LogP contribution in [0.3, 0.4) is 0 Å². The van der Waals surface area contributed by atoms with Crippen molar-refractivity contribution >= 4 is 46.4 Å². The third kappa shape index (κ3) is 4.54. The number of ether oxygens (including phenoxy) is 1. The Morgan fingerprint density at radius 2 is 2.04 bits per heavy atom. The van der Waals surface area contributed by atoms with E-state index in [1.165, 1.54) is 17.4 Å². The van der Waals surface area contributed by atoms with E-state index in [-0.39, 0.29) is 12.4 Å². The molecule has 2 heterocycles. The number of thiophene rings is 1. The maximum absolute atomic E-state index is 12.0. The highest BCUT2D eigenvalue weighted by Crippen LogP contribution is 2.26. The molecule has 3 nitrogen and oxygen atoms in total. The van der Waals surface area contributed by atoms with Crippen LogP contribution < -0.4 is 4.74 Å². The molecule has 0 aliphatic carbocycles. The summed E-state index contributed by atoms with van der Waals surface area (Å²) in [6.45, 7) is 2.18. The van der Waals surface area contributed by atoms with Gasteiger partial charge in [-0.1, -0.05) is 29.3 Å². The van der Waals surface area contributed by atoms with E-state index in [0.29, 0.717) is 31.5 Å². The fraction of sp³-hybridized carbons (Fsp3) is 0.105. The molecule has 0 bridgehead atoms. The summed E-state index contributed by atoms with van der Waals surface area (Å²) in [5.41, 5.74) is 0.885. The van der Waals surface area contributed by atoms with Gasteiger partial charge in [0.05, 0.1) is 9.21 Å². The third-order valence-corrected chi connectivity index (χ3v) is 5.14. The second-order valence-electron chi connectivity index (χ2n) is 5.26. The molecule has 0 amide bonds. The molecule has 0 N–H and O–H groups in total. The Kier molecular flexibility index (Phi) is 5.63. The first-order valence-electron chi connectivity index (χ1n) is 7.47. The molecule has 0 spiro atoms. The van der Waals surface area contributed by atoms with Gasteiger partial charge in [0.15, 0.2) is 5.78 Å². The minimum absolute atomic E-state index is 0.111. The van der Waals surface area contributed by atoms with Crippen LogP contribution in [0.4, 0.5) is 0 Å². The minimum atomic E-state index is -0.111. The molecule has 128 valence electrons. The summed E-state index contributed by atoms with van der Waals surface area (Å²) in [5.74, 6) is 1.84. The standard InChI is InChI=1S/C19H14Cl2O3S/c1-12-15(20)3-2-4-17(12)23-11-14-6-5-13(24-14)7-8-16(22)18-9-10-19(21)25-18/h2-10H,11H2,1H3/b8-7+. The first-order chi connectivity index (χ1) is 12.0. The quantitative estimate of drug-likeness (QED) is 0.358. The molecule has 25 heavy (non-hydrogen) atoms. The molecule has 3 rings (SSSR count). The second kappa shape index (κ2) is 7.91. The predicted octanol–water partition coefficient (Wildman–Crippen LogP) is 6.43. The Morgan fingerprint density at radius 3 is 2.80 bits per heavy atom. The Morgan fingerprint density at radius 1 is 1.20 bits per heavy atom. The van der Waals surface area contributed by atoms with Crippen molar-refractivity contribution in [1.29, 1.82) is 0 Å². The number of benzene rings is 1. The normalized spacial score (nSPS) is 11.2. The summed E-state index contributed by atoms with van der Waals surface area (Å²) >= 11 is 13.2. The fourth-order valence-corrected chi connectivity index (χ4v) is 3.27. The van der Waals surface area contributed by atoms with Gasteiger partial charge in [-0.05, 0) is 55.5 Å². The van der Waals surface area contributed by atoms with Gasteiger partial charge in [-0.2, -0.15) is 0 Å². The highest BCUT2D eigenvalue weighted by atomic mass is 35.5. The van der Waals surface area contributed by atoms with Crippen LogP contribution in [0.2, 0.25) is 9.36 Å². The van der Waals surface area contributed by atoms with Crippen LogP contribution in [0, 0.1) is 6.92 Å². The Labute approximate surface area is 159 Å². The molecule has 0 aliphatic heterocycles. The van der Waals surface area contributed by atoms with Crippen LogP contribution in [0.15, 0.2) is 53.0 Å². The van der Waals surface area contributed by atoms with E-state index in [2.05, 4.69) is 0 Å². The van der Waals surface area contributed by atoms with Crippen LogP contribution in [-0.4, -0.2) is 5.78 Å². The fourth-order valence-electron chi connectivity index (χ4n) is 2.14. The van der Waals surface area contributed by atoms with E-state index in [9.17, 15) is 4.79 Å². The summed E-state index contributed by atoms with van der Waals surface area (Å²) in [6.07, 6.45) is 3.09. The molecule has 1 aromatic carbocycles. The van der Waals surface area contributed by atoms with Gasteiger partial charge in [-0.3, -0.25) is 4.79 Å². The maximum atomic E-state index is 12.0. The predicted molar refractivity (Wildman–Crippen MR) is 102 cm³/mol. The summed E-state index contributed by atoms with van der Waals surface area (Å²) in [7, 11) is 0. The van der Waals surface area contributed by atoms with Gasteiger partial charge in [0, 0.05) is 10.6 Å². The number of carbonyl (C=O) groups is 1. The number of carbonyl (C=O) groups excluding carboxylic acids is 1. The van der Waals surface area contributed by atoms with Crippen LogP contribution in [0.5, 0.6) is 5.75 Å². The van der Waals surface area contributed by atoms with Crippen molar-refractivity contribution in [1.82, 2.24) is 0 Å². The minimum Gasteiger partial charge on any atom is -0.485 e. The van der Waals surface area contributed by atoms with Gasteiger partial charge >= 0.3 is 0 Å². The second-order valence-corrected chi connectivity index (χ2v) is 7.38. The number of allylic oxidation sites excluding steroid dienone is 1. The van der Waals surface area contributed by atoms with Gasteiger partial charge in [0.25, 0.3) is 0 Å². The van der Waals surface area contributed by atoms with Crippen molar-refractivity contribution in [3.63, 3.8) is 0 Å². The van der Waals surface area contributed by atoms with Gasteiger partial charge in [-0.15, -0.1) is 11.3 Å². The molecular formula is C19H14Cl2O3S. The lowest BCUT2D eigenvalue weighted by molar-refractivity contribution is 0.105. The van der Waals surface area contributed by atoms with Crippen molar-refractivity contribution in [3.8, 4) is 5.75 Å². The summed E-state index contributed by atoms with van der Waals surface area (Å²) < 4.78 is 12.0. The molecule has 0 aliphatic rings. The maximum Gasteiger partial charge on any atom is 0.195 e. The highest BCUT2D eigenvalue weighted by Gasteiger charge is 2.07. The zero-order chi connectivity index (χ0) is 17.8. The van der Waals surface area contributed by atoms with Crippen molar-refractivity contribution in [2.24, 2.45) is 0 Å². The topological polar surface area (TPSA) is 39.4 Å². The molecule has 3 aromatic rings. The molecule has 0 saturated heterocycles. The lowest BCUT2D eigenvalue weighted by atomic mass is 10.2.